The van der Waals surface area contributed by atoms with E-state index in [9.17, 15) is 4.39 Å². The molecule has 27 heavy (non-hydrogen) atoms. The third kappa shape index (κ3) is 3.64. The topological polar surface area (TPSA) is 85.9 Å². The molecule has 0 saturated carbocycles. The fourth-order valence-corrected chi connectivity index (χ4v) is 2.96. The minimum absolute atomic E-state index is 0.305. The molecule has 0 spiro atoms. The van der Waals surface area contributed by atoms with Crippen LogP contribution in [-0.2, 0) is 14.1 Å². The smallest absolute Gasteiger partial charge is 0.256 e. The lowest BCUT2D eigenvalue weighted by molar-refractivity contribution is 0.364. The monoisotopic (exact) mass is 376 g/mol. The minimum Gasteiger partial charge on any atom is -0.478 e. The van der Waals surface area contributed by atoms with Crippen LogP contribution in [0.15, 0.2) is 12.5 Å². The van der Waals surface area contributed by atoms with E-state index in [1.165, 1.54) is 0 Å². The lowest BCUT2D eigenvalue weighted by atomic mass is 10.3. The molecular formula is C17H25FN8O. The van der Waals surface area contributed by atoms with Crippen LogP contribution in [0.5, 0.6) is 5.88 Å². The molecule has 0 bridgehead atoms. The number of alkyl halides is 1. The van der Waals surface area contributed by atoms with Crippen LogP contribution >= 0.6 is 0 Å². The van der Waals surface area contributed by atoms with Gasteiger partial charge in [-0.2, -0.15) is 9.97 Å². The Kier molecular flexibility index (Phi) is 5.43. The van der Waals surface area contributed by atoms with E-state index < -0.39 is 6.17 Å². The third-order valence-corrected chi connectivity index (χ3v) is 4.20. The van der Waals surface area contributed by atoms with Crippen molar-refractivity contribution in [2.45, 2.75) is 26.4 Å². The lowest BCUT2D eigenvalue weighted by Crippen LogP contribution is -2.23. The fourth-order valence-electron chi connectivity index (χ4n) is 2.96. The van der Waals surface area contributed by atoms with Crippen LogP contribution in [0.4, 0.5) is 21.8 Å². The molecule has 0 amide bonds. The van der Waals surface area contributed by atoms with Gasteiger partial charge in [0.05, 0.1) is 26.2 Å². The number of anilines is 3. The number of imidazole rings is 1. The van der Waals surface area contributed by atoms with E-state index in [1.807, 2.05) is 30.4 Å². The van der Waals surface area contributed by atoms with Gasteiger partial charge in [0, 0.05) is 20.6 Å². The second-order valence-corrected chi connectivity index (χ2v) is 6.08. The Bertz CT molecular complexity index is 921. The average molecular weight is 376 g/mol. The number of ether oxygens (including phenoxy) is 1. The Morgan fingerprint density at radius 3 is 2.70 bits per heavy atom. The molecule has 3 aromatic rings. The number of fused-ring (bicyclic) bond motifs is 1. The van der Waals surface area contributed by atoms with Crippen LogP contribution in [0, 0.1) is 0 Å². The Morgan fingerprint density at radius 2 is 2.04 bits per heavy atom. The number of aromatic nitrogens is 6. The van der Waals surface area contributed by atoms with Gasteiger partial charge in [0.1, 0.15) is 11.9 Å². The molecule has 4 rings (SSSR count). The molecule has 146 valence electrons. The summed E-state index contributed by atoms with van der Waals surface area (Å²) in [7, 11) is 5.23. The molecule has 0 aromatic carbocycles. The maximum absolute atomic E-state index is 13.6. The molecule has 1 aliphatic heterocycles. The summed E-state index contributed by atoms with van der Waals surface area (Å²) >= 11 is 0. The van der Waals surface area contributed by atoms with Crippen molar-refractivity contribution in [1.29, 1.82) is 0 Å². The van der Waals surface area contributed by atoms with Crippen molar-refractivity contribution in [3.63, 3.8) is 0 Å². The highest BCUT2D eigenvalue weighted by Gasteiger charge is 2.26. The number of nitrogens with one attached hydrogen (secondary N) is 1. The van der Waals surface area contributed by atoms with Crippen molar-refractivity contribution >= 4 is 28.6 Å². The first-order valence-corrected chi connectivity index (χ1v) is 8.98. The van der Waals surface area contributed by atoms with Gasteiger partial charge in [-0.15, -0.1) is 5.10 Å². The number of hydrogen-bond donors (Lipinski definition) is 1. The Labute approximate surface area is 157 Å². The Morgan fingerprint density at radius 1 is 1.26 bits per heavy atom. The standard InChI is InChI=1S/C15H19FN8O.C2H6/c1-22-8-17-11-12(18-10-7-23(2)21-14(10)25-3)19-15(20-13(11)22)24-5-4-9(16)6-24;1-2/h7-9H,4-6H2,1-3H3,(H,18,19,20);1-2H3. The molecule has 1 saturated heterocycles. The van der Waals surface area contributed by atoms with Crippen LogP contribution in [-0.4, -0.2) is 55.7 Å². The summed E-state index contributed by atoms with van der Waals surface area (Å²) < 4.78 is 22.3. The van der Waals surface area contributed by atoms with E-state index in [1.54, 1.807) is 31.4 Å². The number of halogens is 1. The number of hydrogen-bond acceptors (Lipinski definition) is 7. The maximum atomic E-state index is 13.6. The van der Waals surface area contributed by atoms with Crippen LogP contribution < -0.4 is 15.0 Å². The molecule has 10 heteroatoms. The van der Waals surface area contributed by atoms with Gasteiger partial charge in [0.15, 0.2) is 17.0 Å². The van der Waals surface area contributed by atoms with E-state index >= 15 is 0 Å². The summed E-state index contributed by atoms with van der Waals surface area (Å²) in [5.74, 6) is 1.48. The average Bonchev–Trinajstić information content (AvgIpc) is 3.36. The van der Waals surface area contributed by atoms with E-state index in [4.69, 9.17) is 4.74 Å². The summed E-state index contributed by atoms with van der Waals surface area (Å²) in [6.45, 7) is 4.90. The zero-order valence-electron chi connectivity index (χ0n) is 16.3. The lowest BCUT2D eigenvalue weighted by Gasteiger charge is -2.16. The van der Waals surface area contributed by atoms with Gasteiger partial charge in [-0.05, 0) is 6.42 Å². The second kappa shape index (κ2) is 7.77. The second-order valence-electron chi connectivity index (χ2n) is 6.08. The molecule has 1 fully saturated rings. The van der Waals surface area contributed by atoms with Gasteiger partial charge in [-0.1, -0.05) is 13.8 Å². The molecule has 1 aliphatic rings. The first-order chi connectivity index (χ1) is 13.0. The van der Waals surface area contributed by atoms with E-state index in [2.05, 4.69) is 25.4 Å². The Balaban J connectivity index is 0.00000102. The largest absolute Gasteiger partial charge is 0.478 e. The molecule has 3 aromatic heterocycles. The molecule has 9 nitrogen and oxygen atoms in total. The third-order valence-electron chi connectivity index (χ3n) is 4.20. The molecular weight excluding hydrogens is 351 g/mol. The highest BCUT2D eigenvalue weighted by Crippen LogP contribution is 2.30. The molecule has 1 N–H and O–H groups in total. The molecule has 1 unspecified atom stereocenters. The summed E-state index contributed by atoms with van der Waals surface area (Å²) in [5.41, 5.74) is 1.98. The van der Waals surface area contributed by atoms with Crippen molar-refractivity contribution in [3.05, 3.63) is 12.5 Å². The summed E-state index contributed by atoms with van der Waals surface area (Å²) in [6, 6.07) is 0. The fraction of sp³-hybridized carbons (Fsp3) is 0.529. The molecule has 0 aliphatic carbocycles. The highest BCUT2D eigenvalue weighted by molar-refractivity contribution is 5.87. The van der Waals surface area contributed by atoms with Gasteiger partial charge in [0.2, 0.25) is 5.95 Å². The number of rotatable bonds is 4. The van der Waals surface area contributed by atoms with Gasteiger partial charge >= 0.3 is 0 Å². The van der Waals surface area contributed by atoms with Crippen molar-refractivity contribution < 1.29 is 9.13 Å². The summed E-state index contributed by atoms with van der Waals surface area (Å²) in [4.78, 5) is 15.4. The molecule has 4 heterocycles. The van der Waals surface area contributed by atoms with Crippen LogP contribution in [0.3, 0.4) is 0 Å². The zero-order chi connectivity index (χ0) is 19.6. The quantitative estimate of drug-likeness (QED) is 0.748. The van der Waals surface area contributed by atoms with Gasteiger partial charge in [-0.25, -0.2) is 9.37 Å². The maximum Gasteiger partial charge on any atom is 0.256 e. The van der Waals surface area contributed by atoms with Crippen LogP contribution in [0.2, 0.25) is 0 Å². The van der Waals surface area contributed by atoms with Gasteiger partial charge < -0.3 is 19.5 Å². The summed E-state index contributed by atoms with van der Waals surface area (Å²) in [5, 5.41) is 7.44. The number of aryl methyl sites for hydroxylation is 2. The SMILES string of the molecule is CC.COc1nn(C)cc1Nc1nc(N2CCC(F)C2)nc2c1ncn2C. The predicted octanol–water partition coefficient (Wildman–Crippen LogP) is 2.42. The number of nitrogens with zero attached hydrogens (tertiary/aromatic N) is 7. The zero-order valence-corrected chi connectivity index (χ0v) is 16.3. The van der Waals surface area contributed by atoms with Crippen molar-refractivity contribution in [2.24, 2.45) is 14.1 Å². The normalized spacial score (nSPS) is 16.4. The summed E-state index contributed by atoms with van der Waals surface area (Å²) in [6.07, 6.45) is 3.12. The van der Waals surface area contributed by atoms with Crippen LogP contribution in [0.1, 0.15) is 20.3 Å². The van der Waals surface area contributed by atoms with E-state index in [-0.39, 0.29) is 0 Å². The first kappa shape index (κ1) is 18.9. The first-order valence-electron chi connectivity index (χ1n) is 8.98. The van der Waals surface area contributed by atoms with E-state index in [0.717, 1.165) is 0 Å². The molecule has 0 radical (unpaired) electrons. The Hall–Kier alpha value is -2.91. The van der Waals surface area contributed by atoms with Crippen molar-refractivity contribution in [3.8, 4) is 5.88 Å². The van der Waals surface area contributed by atoms with Crippen molar-refractivity contribution in [2.75, 3.05) is 30.4 Å². The van der Waals surface area contributed by atoms with Gasteiger partial charge in [-0.3, -0.25) is 4.68 Å². The van der Waals surface area contributed by atoms with Gasteiger partial charge in [0.25, 0.3) is 5.88 Å². The van der Waals surface area contributed by atoms with Crippen molar-refractivity contribution in [1.82, 2.24) is 29.3 Å². The van der Waals surface area contributed by atoms with E-state index in [0.29, 0.717) is 54.0 Å². The molecule has 1 atom stereocenters. The predicted molar refractivity (Wildman–Crippen MR) is 102 cm³/mol. The number of methoxy groups -OCH3 is 1. The van der Waals surface area contributed by atoms with Crippen LogP contribution in [0.25, 0.3) is 11.2 Å². The highest BCUT2D eigenvalue weighted by atomic mass is 19.1. The minimum atomic E-state index is -0.847.